The Labute approximate surface area is 88.7 Å². The maximum Gasteiger partial charge on any atom is 0.296 e. The van der Waals surface area contributed by atoms with Crippen LogP contribution in [0.5, 0.6) is 0 Å². The van der Waals surface area contributed by atoms with Gasteiger partial charge in [-0.05, 0) is 18.2 Å². The highest BCUT2D eigenvalue weighted by molar-refractivity contribution is 7.90. The van der Waals surface area contributed by atoms with Crippen molar-refractivity contribution in [2.45, 2.75) is 0 Å². The summed E-state index contributed by atoms with van der Waals surface area (Å²) in [5.41, 5.74) is 6.26. The molecule has 0 aliphatic heterocycles. The first-order chi connectivity index (χ1) is 7.01. The summed E-state index contributed by atoms with van der Waals surface area (Å²) < 4.78 is 23.6. The van der Waals surface area contributed by atoms with Crippen LogP contribution in [-0.2, 0) is 10.2 Å². The summed E-state index contributed by atoms with van der Waals surface area (Å²) in [5, 5.41) is 4.82. The Balaban J connectivity index is 2.93. The van der Waals surface area contributed by atoms with Crippen LogP contribution in [0.4, 0.5) is 5.69 Å². The molecule has 0 aliphatic rings. The highest BCUT2D eigenvalue weighted by Gasteiger charge is 2.01. The fourth-order valence-electron chi connectivity index (χ4n) is 0.978. The van der Waals surface area contributed by atoms with E-state index in [0.29, 0.717) is 11.3 Å². The van der Waals surface area contributed by atoms with E-state index in [1.807, 2.05) is 0 Å². The van der Waals surface area contributed by atoms with Crippen molar-refractivity contribution in [3.05, 3.63) is 29.8 Å². The molecule has 1 aromatic carbocycles. The molecule has 0 atom stereocenters. The van der Waals surface area contributed by atoms with Crippen LogP contribution in [0.2, 0.25) is 0 Å². The number of anilines is 1. The van der Waals surface area contributed by atoms with E-state index in [0.717, 1.165) is 0 Å². The summed E-state index contributed by atoms with van der Waals surface area (Å²) >= 11 is 0. The molecular weight excluding hydrogens is 214 g/mol. The van der Waals surface area contributed by atoms with Gasteiger partial charge >= 0.3 is 0 Å². The smallest absolute Gasteiger partial charge is 0.296 e. The molecule has 15 heavy (non-hydrogen) atoms. The van der Waals surface area contributed by atoms with Gasteiger partial charge in [0.25, 0.3) is 10.2 Å². The Hall–Kier alpha value is -1.55. The van der Waals surface area contributed by atoms with E-state index in [1.54, 1.807) is 24.3 Å². The van der Waals surface area contributed by atoms with Gasteiger partial charge in [0, 0.05) is 5.56 Å². The molecule has 1 aromatic rings. The van der Waals surface area contributed by atoms with E-state index in [4.69, 9.17) is 10.9 Å². The third-order valence-corrected chi connectivity index (χ3v) is 1.98. The van der Waals surface area contributed by atoms with Gasteiger partial charge in [-0.15, -0.1) is 0 Å². The van der Waals surface area contributed by atoms with Gasteiger partial charge in [0.2, 0.25) is 0 Å². The predicted octanol–water partition coefficient (Wildman–Crippen LogP) is -0.388. The molecule has 5 N–H and O–H groups in total. The third-order valence-electron chi connectivity index (χ3n) is 1.46. The fraction of sp³-hybridized carbons (Fsp3) is 0.111. The van der Waals surface area contributed by atoms with Gasteiger partial charge in [0.15, 0.2) is 0 Å². The number of benzene rings is 1. The normalized spacial score (nSPS) is 10.3. The lowest BCUT2D eigenvalue weighted by Crippen LogP contribution is -2.21. The van der Waals surface area contributed by atoms with Gasteiger partial charge in [-0.3, -0.25) is 4.72 Å². The summed E-state index contributed by atoms with van der Waals surface area (Å²) in [6.45, 7) is 0.257. The molecule has 0 fully saturated rings. The Bertz CT molecular complexity index is 500. The first-order valence-electron chi connectivity index (χ1n) is 4.11. The van der Waals surface area contributed by atoms with E-state index in [-0.39, 0.29) is 6.54 Å². The lowest BCUT2D eigenvalue weighted by atomic mass is 10.2. The number of nitrogens with two attached hydrogens (primary N) is 2. The minimum atomic E-state index is -3.74. The SMILES string of the molecule is NCC#Cc1cccc(NS(N)(=O)=O)c1. The summed E-state index contributed by atoms with van der Waals surface area (Å²) in [4.78, 5) is 0. The molecule has 0 unspecified atom stereocenters. The van der Waals surface area contributed by atoms with Crippen LogP contribution in [-0.4, -0.2) is 15.0 Å². The summed E-state index contributed by atoms with van der Waals surface area (Å²) in [6, 6.07) is 6.58. The Morgan fingerprint density at radius 1 is 1.40 bits per heavy atom. The summed E-state index contributed by atoms with van der Waals surface area (Å²) in [7, 11) is -3.74. The van der Waals surface area contributed by atoms with Gasteiger partial charge < -0.3 is 5.73 Å². The molecule has 0 saturated carbocycles. The topological polar surface area (TPSA) is 98.2 Å². The van der Waals surface area contributed by atoms with Gasteiger partial charge in [0.05, 0.1) is 12.2 Å². The van der Waals surface area contributed by atoms with Crippen molar-refractivity contribution >= 4 is 15.9 Å². The van der Waals surface area contributed by atoms with Crippen LogP contribution in [0.15, 0.2) is 24.3 Å². The number of rotatable bonds is 2. The van der Waals surface area contributed by atoms with Crippen molar-refractivity contribution in [2.75, 3.05) is 11.3 Å². The monoisotopic (exact) mass is 225 g/mol. The second-order valence-electron chi connectivity index (χ2n) is 2.73. The molecule has 5 nitrogen and oxygen atoms in total. The molecule has 1 rings (SSSR count). The average Bonchev–Trinajstić information content (AvgIpc) is 2.12. The zero-order valence-electron chi connectivity index (χ0n) is 7.90. The molecule has 0 bridgehead atoms. The maximum atomic E-state index is 10.7. The molecule has 0 aliphatic carbocycles. The molecule has 0 amide bonds. The molecule has 0 aromatic heterocycles. The lowest BCUT2D eigenvalue weighted by Gasteiger charge is -2.02. The second kappa shape index (κ2) is 4.79. The van der Waals surface area contributed by atoms with Gasteiger partial charge in [-0.25, -0.2) is 5.14 Å². The lowest BCUT2D eigenvalue weighted by molar-refractivity contribution is 0.603. The van der Waals surface area contributed by atoms with Crippen molar-refractivity contribution in [3.8, 4) is 11.8 Å². The van der Waals surface area contributed by atoms with Crippen molar-refractivity contribution in [3.63, 3.8) is 0 Å². The molecule has 0 heterocycles. The van der Waals surface area contributed by atoms with Crippen molar-refractivity contribution < 1.29 is 8.42 Å². The molecule has 80 valence electrons. The number of nitrogens with one attached hydrogen (secondary N) is 1. The van der Waals surface area contributed by atoms with Crippen LogP contribution in [0.1, 0.15) is 5.56 Å². The highest BCUT2D eigenvalue weighted by Crippen LogP contribution is 2.10. The van der Waals surface area contributed by atoms with Gasteiger partial charge in [-0.2, -0.15) is 8.42 Å². The standard InChI is InChI=1S/C9H11N3O2S/c10-6-2-4-8-3-1-5-9(7-8)12-15(11,13)14/h1,3,5,7,12H,6,10H2,(H2,11,13,14). The largest absolute Gasteiger partial charge is 0.320 e. The third kappa shape index (κ3) is 4.46. The van der Waals surface area contributed by atoms with Gasteiger partial charge in [-0.1, -0.05) is 17.9 Å². The highest BCUT2D eigenvalue weighted by atomic mass is 32.2. The van der Waals surface area contributed by atoms with E-state index in [9.17, 15) is 8.42 Å². The van der Waals surface area contributed by atoms with Gasteiger partial charge in [0.1, 0.15) is 0 Å². The van der Waals surface area contributed by atoms with E-state index < -0.39 is 10.2 Å². The molecule has 0 radical (unpaired) electrons. The number of hydrogen-bond donors (Lipinski definition) is 3. The first kappa shape index (κ1) is 11.5. The Kier molecular flexibility index (Phi) is 3.68. The summed E-state index contributed by atoms with van der Waals surface area (Å²) in [5.74, 6) is 5.44. The van der Waals surface area contributed by atoms with E-state index in [2.05, 4.69) is 16.6 Å². The van der Waals surface area contributed by atoms with Crippen molar-refractivity contribution in [2.24, 2.45) is 10.9 Å². The molecule has 6 heteroatoms. The quantitative estimate of drug-likeness (QED) is 0.598. The second-order valence-corrected chi connectivity index (χ2v) is 4.03. The maximum absolute atomic E-state index is 10.7. The van der Waals surface area contributed by atoms with Crippen LogP contribution >= 0.6 is 0 Å². The van der Waals surface area contributed by atoms with E-state index in [1.165, 1.54) is 0 Å². The fourth-order valence-corrected chi connectivity index (χ4v) is 1.43. The van der Waals surface area contributed by atoms with Crippen LogP contribution < -0.4 is 15.6 Å². The first-order valence-corrected chi connectivity index (χ1v) is 5.65. The molecule has 0 saturated heterocycles. The predicted molar refractivity (Wildman–Crippen MR) is 59.1 cm³/mol. The Morgan fingerprint density at radius 3 is 2.73 bits per heavy atom. The van der Waals surface area contributed by atoms with Crippen LogP contribution in [0, 0.1) is 11.8 Å². The van der Waals surface area contributed by atoms with Crippen LogP contribution in [0.3, 0.4) is 0 Å². The Morgan fingerprint density at radius 2 is 2.13 bits per heavy atom. The van der Waals surface area contributed by atoms with Crippen LogP contribution in [0.25, 0.3) is 0 Å². The minimum Gasteiger partial charge on any atom is -0.320 e. The van der Waals surface area contributed by atoms with Crippen molar-refractivity contribution in [1.29, 1.82) is 0 Å². The minimum absolute atomic E-state index is 0.257. The molecular formula is C9H11N3O2S. The zero-order valence-corrected chi connectivity index (χ0v) is 8.71. The molecule has 0 spiro atoms. The number of hydrogen-bond acceptors (Lipinski definition) is 3. The summed E-state index contributed by atoms with van der Waals surface area (Å²) in [6.07, 6.45) is 0. The van der Waals surface area contributed by atoms with E-state index >= 15 is 0 Å². The van der Waals surface area contributed by atoms with Crippen molar-refractivity contribution in [1.82, 2.24) is 0 Å². The zero-order chi connectivity index (χ0) is 11.3. The average molecular weight is 225 g/mol.